The molecule has 0 spiro atoms. The minimum atomic E-state index is -3.24. The molecule has 1 unspecified atom stereocenters. The third kappa shape index (κ3) is 3.45. The number of benzene rings is 1. The van der Waals surface area contributed by atoms with Gasteiger partial charge in [0.25, 0.3) is 6.36 Å². The van der Waals surface area contributed by atoms with Crippen molar-refractivity contribution in [2.45, 2.75) is 12.8 Å². The van der Waals surface area contributed by atoms with Crippen molar-refractivity contribution >= 4 is 12.6 Å². The molecule has 82 valence electrons. The fraction of sp³-hybridized carbons (Fsp3) is 0.250. The summed E-state index contributed by atoms with van der Waals surface area (Å²) in [6.45, 7) is 0. The van der Waals surface area contributed by atoms with Crippen molar-refractivity contribution in [3.8, 4) is 5.75 Å². The maximum Gasteiger partial charge on any atom is 0.488 e. The second-order valence-electron chi connectivity index (χ2n) is 2.75. The molecule has 1 atom stereocenters. The lowest BCUT2D eigenvalue weighted by Crippen LogP contribution is -2.30. The quantitative estimate of drug-likeness (QED) is 0.717. The summed E-state index contributed by atoms with van der Waals surface area (Å²) in [4.78, 5) is 0. The predicted molar refractivity (Wildman–Crippen MR) is 47.8 cm³/mol. The van der Waals surface area contributed by atoms with E-state index >= 15 is 0 Å². The largest absolute Gasteiger partial charge is 0.488 e. The summed E-state index contributed by atoms with van der Waals surface area (Å²) in [6.07, 6.45) is -5.97. The van der Waals surface area contributed by atoms with Gasteiger partial charge >= 0.3 is 13.5 Å². The highest BCUT2D eigenvalue weighted by atomic mass is 19.3. The lowest BCUT2D eigenvalue weighted by atomic mass is 9.80. The summed E-state index contributed by atoms with van der Waals surface area (Å²) >= 11 is 0. The minimum absolute atomic E-state index is 0.0361. The first-order valence-electron chi connectivity index (χ1n) is 4.05. The number of hydrogen-bond donors (Lipinski definition) is 2. The normalized spacial score (nSPS) is 12.7. The fourth-order valence-corrected chi connectivity index (χ4v) is 0.930. The molecule has 0 aromatic heterocycles. The Hall–Kier alpha value is -1.21. The van der Waals surface area contributed by atoms with Gasteiger partial charge in [0.1, 0.15) is 5.75 Å². The summed E-state index contributed by atoms with van der Waals surface area (Å²) in [7, 11) is -1.75. The molecular weight excluding hydrogens is 212 g/mol. The van der Waals surface area contributed by atoms with Crippen LogP contribution in [0.4, 0.5) is 13.2 Å². The molecule has 0 amide bonds. The van der Waals surface area contributed by atoms with E-state index < -0.39 is 19.9 Å². The van der Waals surface area contributed by atoms with Crippen LogP contribution in [0.5, 0.6) is 5.75 Å². The molecule has 1 rings (SSSR count). The molecule has 0 aliphatic carbocycles. The van der Waals surface area contributed by atoms with E-state index in [1.165, 1.54) is 18.2 Å². The molecule has 1 aromatic carbocycles. The zero-order valence-electron chi connectivity index (χ0n) is 7.48. The van der Waals surface area contributed by atoms with Gasteiger partial charge < -0.3 is 14.8 Å². The Kier molecular flexibility index (Phi) is 3.99. The Morgan fingerprint density at radius 1 is 1.20 bits per heavy atom. The maximum absolute atomic E-state index is 12.4. The molecule has 0 saturated carbocycles. The second-order valence-corrected chi connectivity index (χ2v) is 2.75. The topological polar surface area (TPSA) is 49.7 Å². The lowest BCUT2D eigenvalue weighted by molar-refractivity contribution is -0.0668. The lowest BCUT2D eigenvalue weighted by Gasteiger charge is -2.11. The molecule has 0 bridgehead atoms. The second kappa shape index (κ2) is 5.04. The van der Waals surface area contributed by atoms with Crippen LogP contribution in [0.1, 0.15) is 0 Å². The minimum Gasteiger partial charge on any atom is -0.454 e. The van der Waals surface area contributed by atoms with Crippen LogP contribution in [-0.2, 0) is 0 Å². The Labute approximate surface area is 84.3 Å². The molecule has 2 N–H and O–H groups in total. The van der Waals surface area contributed by atoms with Crippen LogP contribution in [0.15, 0.2) is 24.3 Å². The van der Waals surface area contributed by atoms with Crippen LogP contribution in [0, 0.1) is 0 Å². The van der Waals surface area contributed by atoms with E-state index in [0.717, 1.165) is 6.07 Å². The molecule has 15 heavy (non-hydrogen) atoms. The van der Waals surface area contributed by atoms with Crippen molar-refractivity contribution < 1.29 is 28.0 Å². The van der Waals surface area contributed by atoms with Gasteiger partial charge in [0.05, 0.1) is 0 Å². The summed E-state index contributed by atoms with van der Waals surface area (Å²) in [5.74, 6) is -0.187. The molecule has 0 saturated heterocycles. The SMILES string of the molecule is OB(O)c1cccc(OC(F)C(F)F)c1. The van der Waals surface area contributed by atoms with E-state index in [1.807, 2.05) is 0 Å². The molecule has 7 heteroatoms. The van der Waals surface area contributed by atoms with E-state index in [2.05, 4.69) is 4.74 Å². The van der Waals surface area contributed by atoms with Crippen LogP contribution in [-0.4, -0.2) is 29.9 Å². The zero-order chi connectivity index (χ0) is 11.4. The average molecular weight is 220 g/mol. The van der Waals surface area contributed by atoms with Crippen LogP contribution >= 0.6 is 0 Å². The van der Waals surface area contributed by atoms with E-state index in [9.17, 15) is 13.2 Å². The number of ether oxygens (including phenoxy) is 1. The Balaban J connectivity index is 2.73. The van der Waals surface area contributed by atoms with Gasteiger partial charge in [-0.05, 0) is 17.6 Å². The Morgan fingerprint density at radius 3 is 2.40 bits per heavy atom. The van der Waals surface area contributed by atoms with Crippen molar-refractivity contribution in [3.05, 3.63) is 24.3 Å². The number of hydrogen-bond acceptors (Lipinski definition) is 3. The fourth-order valence-electron chi connectivity index (χ4n) is 0.930. The van der Waals surface area contributed by atoms with E-state index in [1.54, 1.807) is 0 Å². The van der Waals surface area contributed by atoms with Crippen molar-refractivity contribution in [3.63, 3.8) is 0 Å². The Bertz CT molecular complexity index is 322. The van der Waals surface area contributed by atoms with Crippen molar-refractivity contribution in [2.24, 2.45) is 0 Å². The van der Waals surface area contributed by atoms with Crippen molar-refractivity contribution in [1.29, 1.82) is 0 Å². The molecular formula is C8H8BF3O3. The summed E-state index contributed by atoms with van der Waals surface area (Å²) in [5, 5.41) is 17.5. The third-order valence-corrected chi connectivity index (χ3v) is 1.60. The highest BCUT2D eigenvalue weighted by molar-refractivity contribution is 6.58. The van der Waals surface area contributed by atoms with Gasteiger partial charge in [-0.2, -0.15) is 4.39 Å². The van der Waals surface area contributed by atoms with Crippen molar-refractivity contribution in [2.75, 3.05) is 0 Å². The Morgan fingerprint density at radius 2 is 1.87 bits per heavy atom. The van der Waals surface area contributed by atoms with Gasteiger partial charge in [-0.25, -0.2) is 8.78 Å². The van der Waals surface area contributed by atoms with Crippen molar-refractivity contribution in [1.82, 2.24) is 0 Å². The predicted octanol–water partition coefficient (Wildman–Crippen LogP) is 0.306. The highest BCUT2D eigenvalue weighted by Crippen LogP contribution is 2.14. The van der Waals surface area contributed by atoms with Crippen LogP contribution in [0.3, 0.4) is 0 Å². The molecule has 3 nitrogen and oxygen atoms in total. The molecule has 0 heterocycles. The van der Waals surface area contributed by atoms with Gasteiger partial charge in [-0.3, -0.25) is 0 Å². The first-order chi connectivity index (χ1) is 7.00. The third-order valence-electron chi connectivity index (χ3n) is 1.60. The van der Waals surface area contributed by atoms with Gasteiger partial charge in [0.2, 0.25) is 0 Å². The number of rotatable bonds is 4. The van der Waals surface area contributed by atoms with Gasteiger partial charge in [-0.15, -0.1) is 0 Å². The summed E-state index contributed by atoms with van der Waals surface area (Å²) in [6, 6.07) is 4.98. The van der Waals surface area contributed by atoms with Gasteiger partial charge in [0, 0.05) is 0 Å². The van der Waals surface area contributed by atoms with Crippen LogP contribution < -0.4 is 10.2 Å². The van der Waals surface area contributed by atoms with Gasteiger partial charge in [0.15, 0.2) is 0 Å². The average Bonchev–Trinajstić information content (AvgIpc) is 2.18. The number of alkyl halides is 3. The maximum atomic E-state index is 12.4. The molecule has 1 aromatic rings. The first kappa shape index (κ1) is 11.9. The van der Waals surface area contributed by atoms with E-state index in [4.69, 9.17) is 10.0 Å². The smallest absolute Gasteiger partial charge is 0.454 e. The zero-order valence-corrected chi connectivity index (χ0v) is 7.48. The standard InChI is InChI=1S/C8H8BF3O3/c10-7(11)8(12)15-6-3-1-2-5(4-6)9(13)14/h1-4,7-8,13-14H. The summed E-state index contributed by atoms with van der Waals surface area (Å²) in [5.41, 5.74) is 0.0361. The molecule has 0 aliphatic rings. The van der Waals surface area contributed by atoms with E-state index in [-0.39, 0.29) is 11.2 Å². The molecule has 0 fully saturated rings. The monoisotopic (exact) mass is 220 g/mol. The van der Waals surface area contributed by atoms with Crippen LogP contribution in [0.2, 0.25) is 0 Å². The molecule has 0 aliphatic heterocycles. The number of halogens is 3. The molecule has 0 radical (unpaired) electrons. The summed E-state index contributed by atoms with van der Waals surface area (Å²) < 4.78 is 40.2. The van der Waals surface area contributed by atoms with Gasteiger partial charge in [-0.1, -0.05) is 12.1 Å². The highest BCUT2D eigenvalue weighted by Gasteiger charge is 2.21. The van der Waals surface area contributed by atoms with E-state index in [0.29, 0.717) is 0 Å². The first-order valence-corrected chi connectivity index (χ1v) is 4.05. The van der Waals surface area contributed by atoms with Crippen LogP contribution in [0.25, 0.3) is 0 Å².